The fourth-order valence-corrected chi connectivity index (χ4v) is 4.06. The van der Waals surface area contributed by atoms with Crippen molar-refractivity contribution in [2.45, 2.75) is 33.7 Å². The maximum Gasteiger partial charge on any atom is 0.331 e. The molecule has 0 aliphatic heterocycles. The van der Waals surface area contributed by atoms with E-state index < -0.39 is 5.97 Å². The summed E-state index contributed by atoms with van der Waals surface area (Å²) in [5.74, 6) is -0.820. The number of thiazole rings is 1. The number of rotatable bonds is 7. The van der Waals surface area contributed by atoms with Crippen molar-refractivity contribution in [1.29, 1.82) is 0 Å². The quantitative estimate of drug-likeness (QED) is 0.413. The number of hydrogen-bond donors (Lipinski definition) is 0. The molecule has 2 aromatic heterocycles. The first-order valence-corrected chi connectivity index (χ1v) is 10.6. The summed E-state index contributed by atoms with van der Waals surface area (Å²) >= 11 is 1.55. The van der Waals surface area contributed by atoms with E-state index in [4.69, 9.17) is 4.74 Å². The Bertz CT molecular complexity index is 1040. The normalized spacial score (nSPS) is 11.2. The van der Waals surface area contributed by atoms with Crippen molar-refractivity contribution >= 4 is 35.0 Å². The van der Waals surface area contributed by atoms with Gasteiger partial charge < -0.3 is 9.64 Å². The van der Waals surface area contributed by atoms with Crippen LogP contribution in [0.4, 0.5) is 5.69 Å². The lowest BCUT2D eigenvalue weighted by molar-refractivity contribution is -0.143. The number of anilines is 1. The van der Waals surface area contributed by atoms with Gasteiger partial charge in [0, 0.05) is 40.8 Å². The van der Waals surface area contributed by atoms with E-state index in [2.05, 4.69) is 4.98 Å². The van der Waals surface area contributed by atoms with Crippen LogP contribution in [-0.2, 0) is 14.3 Å². The minimum absolute atomic E-state index is 0.0506. The van der Waals surface area contributed by atoms with Crippen LogP contribution in [0.2, 0.25) is 0 Å². The van der Waals surface area contributed by atoms with Gasteiger partial charge in [-0.15, -0.1) is 11.3 Å². The summed E-state index contributed by atoms with van der Waals surface area (Å²) < 4.78 is 7.23. The summed E-state index contributed by atoms with van der Waals surface area (Å²) in [5, 5.41) is 2.81. The molecule has 0 spiro atoms. The summed E-state index contributed by atoms with van der Waals surface area (Å²) in [5.41, 5.74) is 3.69. The lowest BCUT2D eigenvalue weighted by Crippen LogP contribution is -2.39. The minimum Gasteiger partial charge on any atom is -0.452 e. The Kier molecular flexibility index (Phi) is 6.84. The van der Waals surface area contributed by atoms with Crippen molar-refractivity contribution in [1.82, 2.24) is 9.55 Å². The van der Waals surface area contributed by atoms with Gasteiger partial charge in [0.15, 0.2) is 11.7 Å². The molecule has 0 atom stereocenters. The van der Waals surface area contributed by atoms with Crippen molar-refractivity contribution < 1.29 is 14.3 Å². The van der Waals surface area contributed by atoms with Gasteiger partial charge in [0.05, 0.1) is 0 Å². The number of ether oxygens (including phenoxy) is 1. The fraction of sp³-hybridized carbons (Fsp3) is 0.261. The number of aryl methyl sites for hydroxylation is 1. The zero-order chi connectivity index (χ0) is 21.7. The smallest absolute Gasteiger partial charge is 0.331 e. The van der Waals surface area contributed by atoms with Gasteiger partial charge in [0.1, 0.15) is 0 Å². The summed E-state index contributed by atoms with van der Waals surface area (Å²) in [6, 6.07) is 11.3. The molecule has 0 radical (unpaired) electrons. The molecule has 3 aromatic rings. The Morgan fingerprint density at radius 2 is 1.97 bits per heavy atom. The minimum atomic E-state index is -0.556. The van der Waals surface area contributed by atoms with Crippen molar-refractivity contribution in [3.63, 3.8) is 0 Å². The second-order valence-electron chi connectivity index (χ2n) is 7.11. The molecule has 0 fully saturated rings. The molecule has 0 saturated carbocycles. The van der Waals surface area contributed by atoms with Gasteiger partial charge in [-0.05, 0) is 57.5 Å². The zero-order valence-electron chi connectivity index (χ0n) is 17.5. The molecule has 0 saturated heterocycles. The molecule has 6 nitrogen and oxygen atoms in total. The molecule has 1 aromatic carbocycles. The molecule has 1 amide bonds. The highest BCUT2D eigenvalue weighted by Crippen LogP contribution is 2.23. The van der Waals surface area contributed by atoms with Gasteiger partial charge in [0.2, 0.25) is 0 Å². The predicted octanol–water partition coefficient (Wildman–Crippen LogP) is 4.55. The Morgan fingerprint density at radius 3 is 2.60 bits per heavy atom. The van der Waals surface area contributed by atoms with Gasteiger partial charge in [-0.2, -0.15) is 0 Å². The second kappa shape index (κ2) is 9.54. The van der Waals surface area contributed by atoms with E-state index in [9.17, 15) is 9.59 Å². The van der Waals surface area contributed by atoms with Gasteiger partial charge in [-0.1, -0.05) is 18.2 Å². The fourth-order valence-electron chi connectivity index (χ4n) is 3.30. The highest BCUT2D eigenvalue weighted by Gasteiger charge is 2.20. The van der Waals surface area contributed by atoms with Crippen LogP contribution >= 0.6 is 11.3 Å². The van der Waals surface area contributed by atoms with E-state index >= 15 is 0 Å². The molecule has 156 valence electrons. The highest BCUT2D eigenvalue weighted by molar-refractivity contribution is 7.12. The van der Waals surface area contributed by atoms with E-state index in [1.165, 1.54) is 6.08 Å². The first-order valence-electron chi connectivity index (χ1n) is 9.69. The van der Waals surface area contributed by atoms with Crippen molar-refractivity contribution in [3.05, 3.63) is 71.0 Å². The van der Waals surface area contributed by atoms with E-state index in [1.54, 1.807) is 28.5 Å². The topological polar surface area (TPSA) is 64.4 Å². The number of aromatic nitrogens is 2. The van der Waals surface area contributed by atoms with Crippen LogP contribution < -0.4 is 4.90 Å². The third-order valence-corrected chi connectivity index (χ3v) is 5.39. The van der Waals surface area contributed by atoms with Crippen molar-refractivity contribution in [2.75, 3.05) is 11.5 Å². The molecule has 0 aliphatic carbocycles. The number of amides is 1. The Hall–Kier alpha value is -3.19. The van der Waals surface area contributed by atoms with E-state index in [0.29, 0.717) is 0 Å². The largest absolute Gasteiger partial charge is 0.452 e. The van der Waals surface area contributed by atoms with Crippen LogP contribution in [0.25, 0.3) is 11.2 Å². The number of nitrogens with zero attached hydrogens (tertiary/aromatic N) is 3. The van der Waals surface area contributed by atoms with Crippen LogP contribution in [-0.4, -0.2) is 34.1 Å². The third-order valence-electron chi connectivity index (χ3n) is 4.64. The van der Waals surface area contributed by atoms with Crippen molar-refractivity contribution in [2.24, 2.45) is 0 Å². The highest BCUT2D eigenvalue weighted by atomic mass is 32.1. The molecule has 0 bridgehead atoms. The average Bonchev–Trinajstić information content (AvgIpc) is 3.33. The van der Waals surface area contributed by atoms with E-state index in [1.807, 2.05) is 74.0 Å². The molecule has 2 heterocycles. The van der Waals surface area contributed by atoms with Crippen LogP contribution in [0.1, 0.15) is 30.8 Å². The lowest BCUT2D eigenvalue weighted by Gasteiger charge is -2.26. The van der Waals surface area contributed by atoms with Crippen LogP contribution in [0.5, 0.6) is 0 Å². The Balaban J connectivity index is 1.64. The molecule has 0 unspecified atom stereocenters. The number of benzene rings is 1. The van der Waals surface area contributed by atoms with Gasteiger partial charge in [-0.25, -0.2) is 9.78 Å². The standard InChI is InChI=1S/C23H25N3O3S/c1-16(2)25(20-8-6-5-7-9-20)21(27)15-29-22(28)11-10-19-14-17(3)26(18(19)4)23-24-12-13-30-23/h5-14,16H,15H2,1-4H3/b11-10+. The molecule has 30 heavy (non-hydrogen) atoms. The summed E-state index contributed by atoms with van der Waals surface area (Å²) in [6.45, 7) is 7.50. The molecular weight excluding hydrogens is 398 g/mol. The van der Waals surface area contributed by atoms with Crippen LogP contribution in [0.3, 0.4) is 0 Å². The molecule has 3 rings (SSSR count). The van der Waals surface area contributed by atoms with Crippen LogP contribution in [0.15, 0.2) is 54.1 Å². The van der Waals surface area contributed by atoms with E-state index in [-0.39, 0.29) is 18.6 Å². The predicted molar refractivity (Wildman–Crippen MR) is 120 cm³/mol. The molecule has 7 heteroatoms. The first kappa shape index (κ1) is 21.5. The Labute approximate surface area is 180 Å². The summed E-state index contributed by atoms with van der Waals surface area (Å²) in [7, 11) is 0. The number of esters is 1. The summed E-state index contributed by atoms with van der Waals surface area (Å²) in [4.78, 5) is 30.8. The number of hydrogen-bond acceptors (Lipinski definition) is 5. The molecule has 0 aliphatic rings. The zero-order valence-corrected chi connectivity index (χ0v) is 18.3. The third kappa shape index (κ3) is 4.86. The van der Waals surface area contributed by atoms with Gasteiger partial charge >= 0.3 is 5.97 Å². The summed E-state index contributed by atoms with van der Waals surface area (Å²) in [6.07, 6.45) is 4.82. The molecular formula is C23H25N3O3S. The van der Waals surface area contributed by atoms with Crippen LogP contribution in [0, 0.1) is 13.8 Å². The van der Waals surface area contributed by atoms with E-state index in [0.717, 1.165) is 27.8 Å². The maximum absolute atomic E-state index is 12.6. The number of carbonyl (C=O) groups excluding carboxylic acids is 2. The first-order chi connectivity index (χ1) is 14.4. The molecule has 0 N–H and O–H groups in total. The number of para-hydroxylation sites is 1. The van der Waals surface area contributed by atoms with Crippen molar-refractivity contribution in [3.8, 4) is 5.13 Å². The maximum atomic E-state index is 12.6. The Morgan fingerprint density at radius 1 is 1.23 bits per heavy atom. The van der Waals surface area contributed by atoms with Gasteiger partial charge in [-0.3, -0.25) is 9.36 Å². The lowest BCUT2D eigenvalue weighted by atomic mass is 10.2. The SMILES string of the molecule is Cc1cc(/C=C/C(=O)OCC(=O)N(c2ccccc2)C(C)C)c(C)n1-c1nccs1. The van der Waals surface area contributed by atoms with Gasteiger partial charge in [0.25, 0.3) is 5.91 Å². The second-order valence-corrected chi connectivity index (χ2v) is 7.98. The monoisotopic (exact) mass is 423 g/mol. The average molecular weight is 424 g/mol. The number of carbonyl (C=O) groups is 2.